The summed E-state index contributed by atoms with van der Waals surface area (Å²) >= 11 is 0. The Bertz CT molecular complexity index is 491. The quantitative estimate of drug-likeness (QED) is 0.567. The molecule has 0 N–H and O–H groups in total. The Hall–Kier alpha value is -1.68. The number of carbonyl (C=O) groups excluding carboxylic acids is 1. The van der Waals surface area contributed by atoms with Crippen LogP contribution in [-0.2, 0) is 11.2 Å². The third kappa shape index (κ3) is 1.97. The highest BCUT2D eigenvalue weighted by Gasteiger charge is 2.06. The van der Waals surface area contributed by atoms with Crippen LogP contribution in [0, 0.1) is 0 Å². The molecular weight excluding hydrogens is 204 g/mol. The Morgan fingerprint density at radius 3 is 3.12 bits per heavy atom. The molecule has 0 bridgehead atoms. The largest absolute Gasteiger partial charge is 0.385 e. The summed E-state index contributed by atoms with van der Waals surface area (Å²) in [6.45, 7) is 0.707. The van der Waals surface area contributed by atoms with Crippen LogP contribution in [0.25, 0.3) is 5.52 Å². The summed E-state index contributed by atoms with van der Waals surface area (Å²) in [5, 5.41) is 0. The highest BCUT2D eigenvalue weighted by molar-refractivity contribution is 5.74. The molecule has 0 spiro atoms. The van der Waals surface area contributed by atoms with E-state index in [2.05, 4.69) is 4.98 Å². The standard InChI is InChI=1S/C12H14N2O2/c1-16-7-3-6-12-13-8-10-4-2-5-11(9-15)14(10)12/h2,4-5,8-9H,3,6-7H2,1H3. The number of ether oxygens (including phenoxy) is 1. The van der Waals surface area contributed by atoms with Crippen molar-refractivity contribution in [2.24, 2.45) is 0 Å². The SMILES string of the molecule is COCCCc1ncc2cccc(C=O)n12. The fraction of sp³-hybridized carbons (Fsp3) is 0.333. The van der Waals surface area contributed by atoms with Crippen LogP contribution in [0.3, 0.4) is 0 Å². The van der Waals surface area contributed by atoms with Crippen molar-refractivity contribution in [2.45, 2.75) is 12.8 Å². The van der Waals surface area contributed by atoms with Gasteiger partial charge in [-0.1, -0.05) is 6.07 Å². The van der Waals surface area contributed by atoms with Crippen LogP contribution < -0.4 is 0 Å². The van der Waals surface area contributed by atoms with Gasteiger partial charge in [0.2, 0.25) is 0 Å². The van der Waals surface area contributed by atoms with Crippen LogP contribution in [0.1, 0.15) is 22.7 Å². The Kier molecular flexibility index (Phi) is 3.31. The highest BCUT2D eigenvalue weighted by Crippen LogP contribution is 2.11. The summed E-state index contributed by atoms with van der Waals surface area (Å²) in [4.78, 5) is 15.3. The summed E-state index contributed by atoms with van der Waals surface area (Å²) in [5.41, 5.74) is 1.60. The second-order valence-electron chi connectivity index (χ2n) is 3.60. The number of rotatable bonds is 5. The molecule has 2 rings (SSSR count). The highest BCUT2D eigenvalue weighted by atomic mass is 16.5. The molecule has 16 heavy (non-hydrogen) atoms. The van der Waals surface area contributed by atoms with E-state index in [1.807, 2.05) is 16.5 Å². The van der Waals surface area contributed by atoms with Gasteiger partial charge in [0.15, 0.2) is 6.29 Å². The molecule has 0 unspecified atom stereocenters. The van der Waals surface area contributed by atoms with Crippen molar-refractivity contribution >= 4 is 11.8 Å². The van der Waals surface area contributed by atoms with Crippen molar-refractivity contribution in [1.82, 2.24) is 9.38 Å². The summed E-state index contributed by atoms with van der Waals surface area (Å²) in [7, 11) is 1.68. The lowest BCUT2D eigenvalue weighted by Gasteiger charge is -2.03. The summed E-state index contributed by atoms with van der Waals surface area (Å²) in [6.07, 6.45) is 4.36. The summed E-state index contributed by atoms with van der Waals surface area (Å²) in [5.74, 6) is 0.912. The van der Waals surface area contributed by atoms with Crippen LogP contribution in [0.5, 0.6) is 0 Å². The van der Waals surface area contributed by atoms with Crippen LogP contribution in [-0.4, -0.2) is 29.4 Å². The molecule has 84 valence electrons. The van der Waals surface area contributed by atoms with E-state index in [4.69, 9.17) is 4.74 Å². The molecule has 4 nitrogen and oxygen atoms in total. The van der Waals surface area contributed by atoms with Crippen molar-refractivity contribution in [2.75, 3.05) is 13.7 Å². The molecular formula is C12H14N2O2. The average Bonchev–Trinajstić information content (AvgIpc) is 2.73. The van der Waals surface area contributed by atoms with Crippen LogP contribution in [0.15, 0.2) is 24.4 Å². The van der Waals surface area contributed by atoms with Gasteiger partial charge in [0.05, 0.1) is 17.4 Å². The van der Waals surface area contributed by atoms with Gasteiger partial charge in [0.25, 0.3) is 0 Å². The first-order valence-electron chi connectivity index (χ1n) is 5.26. The van der Waals surface area contributed by atoms with Crippen LogP contribution >= 0.6 is 0 Å². The lowest BCUT2D eigenvalue weighted by molar-refractivity contribution is 0.111. The minimum absolute atomic E-state index is 0.641. The maximum atomic E-state index is 10.9. The van der Waals surface area contributed by atoms with Gasteiger partial charge in [-0.2, -0.15) is 0 Å². The van der Waals surface area contributed by atoms with E-state index in [9.17, 15) is 4.79 Å². The molecule has 2 heterocycles. The van der Waals surface area contributed by atoms with Crippen molar-refractivity contribution in [3.8, 4) is 0 Å². The normalized spacial score (nSPS) is 10.8. The van der Waals surface area contributed by atoms with Gasteiger partial charge in [-0.15, -0.1) is 0 Å². The van der Waals surface area contributed by atoms with Crippen LogP contribution in [0.2, 0.25) is 0 Å². The van der Waals surface area contributed by atoms with Crippen molar-refractivity contribution < 1.29 is 9.53 Å². The van der Waals surface area contributed by atoms with E-state index in [-0.39, 0.29) is 0 Å². The predicted molar refractivity (Wildman–Crippen MR) is 60.8 cm³/mol. The molecule has 0 radical (unpaired) electrons. The Morgan fingerprint density at radius 1 is 1.50 bits per heavy atom. The molecule has 0 aliphatic rings. The molecule has 4 heteroatoms. The Labute approximate surface area is 93.9 Å². The number of imidazole rings is 1. The number of aryl methyl sites for hydroxylation is 1. The number of carbonyl (C=O) groups is 1. The lowest BCUT2D eigenvalue weighted by Crippen LogP contribution is -2.02. The van der Waals surface area contributed by atoms with E-state index in [0.717, 1.165) is 30.5 Å². The minimum Gasteiger partial charge on any atom is -0.385 e. The van der Waals surface area contributed by atoms with E-state index in [0.29, 0.717) is 12.3 Å². The first kappa shape index (κ1) is 10.8. The second-order valence-corrected chi connectivity index (χ2v) is 3.60. The Balaban J connectivity index is 2.34. The number of fused-ring (bicyclic) bond motifs is 1. The van der Waals surface area contributed by atoms with Crippen LogP contribution in [0.4, 0.5) is 0 Å². The fourth-order valence-corrected chi connectivity index (χ4v) is 1.78. The molecule has 0 fully saturated rings. The molecule has 0 aromatic carbocycles. The third-order valence-corrected chi connectivity index (χ3v) is 2.52. The zero-order valence-corrected chi connectivity index (χ0v) is 9.22. The van der Waals surface area contributed by atoms with E-state index in [1.165, 1.54) is 0 Å². The number of methoxy groups -OCH3 is 1. The zero-order chi connectivity index (χ0) is 11.4. The zero-order valence-electron chi connectivity index (χ0n) is 9.22. The molecule has 0 saturated heterocycles. The first-order chi connectivity index (χ1) is 7.86. The van der Waals surface area contributed by atoms with Crippen molar-refractivity contribution in [3.63, 3.8) is 0 Å². The number of aromatic nitrogens is 2. The monoisotopic (exact) mass is 218 g/mol. The van der Waals surface area contributed by atoms with Gasteiger partial charge < -0.3 is 4.74 Å². The third-order valence-electron chi connectivity index (χ3n) is 2.52. The number of hydrogen-bond donors (Lipinski definition) is 0. The van der Waals surface area contributed by atoms with Crippen molar-refractivity contribution in [3.05, 3.63) is 35.9 Å². The van der Waals surface area contributed by atoms with Gasteiger partial charge in [0, 0.05) is 20.1 Å². The van der Waals surface area contributed by atoms with Gasteiger partial charge in [0.1, 0.15) is 5.82 Å². The number of pyridine rings is 1. The molecule has 0 saturated carbocycles. The Morgan fingerprint density at radius 2 is 2.38 bits per heavy atom. The van der Waals surface area contributed by atoms with E-state index in [1.54, 1.807) is 19.4 Å². The topological polar surface area (TPSA) is 43.6 Å². The number of nitrogens with zero attached hydrogens (tertiary/aromatic N) is 2. The first-order valence-corrected chi connectivity index (χ1v) is 5.26. The van der Waals surface area contributed by atoms with Crippen molar-refractivity contribution in [1.29, 1.82) is 0 Å². The molecule has 0 aliphatic carbocycles. The molecule has 2 aromatic heterocycles. The molecule has 0 atom stereocenters. The smallest absolute Gasteiger partial charge is 0.166 e. The summed E-state index contributed by atoms with van der Waals surface area (Å²) < 4.78 is 6.89. The second kappa shape index (κ2) is 4.90. The lowest BCUT2D eigenvalue weighted by atomic mass is 10.3. The molecule has 2 aromatic rings. The van der Waals surface area contributed by atoms with Gasteiger partial charge >= 0.3 is 0 Å². The fourth-order valence-electron chi connectivity index (χ4n) is 1.78. The molecule has 0 amide bonds. The number of aldehydes is 1. The number of hydrogen-bond acceptors (Lipinski definition) is 3. The van der Waals surface area contributed by atoms with Gasteiger partial charge in [-0.05, 0) is 18.6 Å². The van der Waals surface area contributed by atoms with Gasteiger partial charge in [-0.3, -0.25) is 9.20 Å². The predicted octanol–water partition coefficient (Wildman–Crippen LogP) is 1.73. The molecule has 0 aliphatic heterocycles. The van der Waals surface area contributed by atoms with E-state index >= 15 is 0 Å². The van der Waals surface area contributed by atoms with Gasteiger partial charge in [-0.25, -0.2) is 4.98 Å². The summed E-state index contributed by atoms with van der Waals surface area (Å²) in [6, 6.07) is 5.60. The maximum absolute atomic E-state index is 10.9. The average molecular weight is 218 g/mol. The van der Waals surface area contributed by atoms with E-state index < -0.39 is 0 Å². The maximum Gasteiger partial charge on any atom is 0.166 e. The minimum atomic E-state index is 0.641.